The highest BCUT2D eigenvalue weighted by Crippen LogP contribution is 2.30. The number of nitrogens with zero attached hydrogens (tertiary/aromatic N) is 2. The number of esters is 2. The van der Waals surface area contributed by atoms with Gasteiger partial charge in [0.25, 0.3) is 0 Å². The monoisotopic (exact) mass is 327 g/mol. The molecule has 2 rings (SSSR count). The van der Waals surface area contributed by atoms with Crippen molar-refractivity contribution in [3.8, 4) is 0 Å². The molecule has 0 bridgehead atoms. The van der Waals surface area contributed by atoms with Crippen LogP contribution in [0.5, 0.6) is 0 Å². The van der Waals surface area contributed by atoms with Crippen LogP contribution in [0.4, 0.5) is 5.82 Å². The van der Waals surface area contributed by atoms with Crippen molar-refractivity contribution in [1.29, 1.82) is 0 Å². The maximum absolute atomic E-state index is 12.0. The summed E-state index contributed by atoms with van der Waals surface area (Å²) in [4.78, 5) is 37.7. The quantitative estimate of drug-likeness (QED) is 0.559. The van der Waals surface area contributed by atoms with Gasteiger partial charge in [-0.2, -0.15) is 4.98 Å². The van der Waals surface area contributed by atoms with Crippen LogP contribution in [0, 0.1) is 0 Å². The first-order valence-electron chi connectivity index (χ1n) is 6.86. The van der Waals surface area contributed by atoms with Gasteiger partial charge in [0.1, 0.15) is 12.7 Å². The normalized spacial score (nSPS) is 23.3. The van der Waals surface area contributed by atoms with E-state index in [1.165, 1.54) is 26.1 Å². The summed E-state index contributed by atoms with van der Waals surface area (Å²) in [5.74, 6) is -1.01. The van der Waals surface area contributed by atoms with Crippen LogP contribution < -0.4 is 11.2 Å². The number of anilines is 1. The van der Waals surface area contributed by atoms with Gasteiger partial charge in [-0.15, -0.1) is 0 Å². The second-order valence-corrected chi connectivity index (χ2v) is 4.95. The maximum atomic E-state index is 12.0. The molecule has 1 fully saturated rings. The first kappa shape index (κ1) is 16.9. The Balaban J connectivity index is 2.20. The van der Waals surface area contributed by atoms with E-state index in [1.54, 1.807) is 5.48 Å². The summed E-state index contributed by atoms with van der Waals surface area (Å²) < 4.78 is 16.8. The van der Waals surface area contributed by atoms with E-state index < -0.39 is 36.1 Å². The third-order valence-electron chi connectivity index (χ3n) is 3.15. The Morgan fingerprint density at radius 1 is 1.48 bits per heavy atom. The zero-order chi connectivity index (χ0) is 17.0. The van der Waals surface area contributed by atoms with Crippen molar-refractivity contribution >= 4 is 17.8 Å². The molecule has 1 saturated heterocycles. The van der Waals surface area contributed by atoms with Gasteiger partial charge < -0.3 is 14.2 Å². The minimum absolute atomic E-state index is 0.0118. The molecule has 2 N–H and O–H groups in total. The summed E-state index contributed by atoms with van der Waals surface area (Å²) in [5, 5.41) is 8.74. The fraction of sp³-hybridized carbons (Fsp3) is 0.538. The minimum atomic E-state index is -0.896. The van der Waals surface area contributed by atoms with Crippen LogP contribution in [0.15, 0.2) is 17.1 Å². The highest BCUT2D eigenvalue weighted by molar-refractivity contribution is 5.66. The molecule has 10 heteroatoms. The molecule has 3 atom stereocenters. The Bertz CT molecular complexity index is 645. The molecule has 0 unspecified atom stereocenters. The van der Waals surface area contributed by atoms with Crippen molar-refractivity contribution in [1.82, 2.24) is 9.55 Å². The van der Waals surface area contributed by atoms with Crippen molar-refractivity contribution in [2.45, 2.75) is 38.7 Å². The number of hydrogen-bond acceptors (Lipinski definition) is 9. The number of nitrogens with one attached hydrogen (secondary N) is 1. The Kier molecular flexibility index (Phi) is 5.29. The molecule has 23 heavy (non-hydrogen) atoms. The minimum Gasteiger partial charge on any atom is -0.463 e. The van der Waals surface area contributed by atoms with E-state index in [0.717, 1.165) is 4.57 Å². The maximum Gasteiger partial charge on any atom is 0.351 e. The lowest BCUT2D eigenvalue weighted by molar-refractivity contribution is -0.153. The van der Waals surface area contributed by atoms with Crippen LogP contribution in [0.25, 0.3) is 0 Å². The van der Waals surface area contributed by atoms with Gasteiger partial charge in [-0.25, -0.2) is 4.79 Å². The first-order chi connectivity index (χ1) is 10.9. The zero-order valence-electron chi connectivity index (χ0n) is 12.6. The summed E-state index contributed by atoms with van der Waals surface area (Å²) in [6, 6.07) is 1.36. The molecular formula is C13H17N3O7. The second-order valence-electron chi connectivity index (χ2n) is 4.95. The average Bonchev–Trinajstić information content (AvgIpc) is 2.87. The Hall–Kier alpha value is -2.46. The molecule has 2 heterocycles. The van der Waals surface area contributed by atoms with Crippen molar-refractivity contribution in [2.75, 3.05) is 12.1 Å². The molecule has 1 aromatic rings. The van der Waals surface area contributed by atoms with E-state index >= 15 is 0 Å². The molecule has 0 radical (unpaired) electrons. The molecule has 0 spiro atoms. The SMILES string of the molecule is CC(=O)OC[C@@H]1C[C@@H](OC(C)=O)[C@H](n2ccc(NO)nc2=O)O1. The molecule has 0 amide bonds. The number of carbonyl (C=O) groups excluding carboxylic acids is 2. The molecule has 0 saturated carbocycles. The summed E-state index contributed by atoms with van der Waals surface area (Å²) in [6.07, 6.45) is -0.517. The smallest absolute Gasteiger partial charge is 0.351 e. The zero-order valence-corrected chi connectivity index (χ0v) is 12.6. The third kappa shape index (κ3) is 4.27. The van der Waals surface area contributed by atoms with Gasteiger partial charge in [-0.05, 0) is 6.07 Å². The molecule has 1 aliphatic rings. The van der Waals surface area contributed by atoms with E-state index in [2.05, 4.69) is 4.98 Å². The largest absolute Gasteiger partial charge is 0.463 e. The number of rotatable bonds is 5. The summed E-state index contributed by atoms with van der Waals surface area (Å²) >= 11 is 0. The fourth-order valence-electron chi connectivity index (χ4n) is 2.27. The van der Waals surface area contributed by atoms with E-state index in [4.69, 9.17) is 19.4 Å². The van der Waals surface area contributed by atoms with Crippen LogP contribution >= 0.6 is 0 Å². The summed E-state index contributed by atoms with van der Waals surface area (Å²) in [7, 11) is 0. The topological polar surface area (TPSA) is 129 Å². The van der Waals surface area contributed by atoms with Crippen LogP contribution in [-0.2, 0) is 23.8 Å². The molecule has 1 aliphatic heterocycles. The highest BCUT2D eigenvalue weighted by Gasteiger charge is 2.39. The Labute approximate surface area is 130 Å². The lowest BCUT2D eigenvalue weighted by Gasteiger charge is -2.20. The number of ether oxygens (including phenoxy) is 3. The van der Waals surface area contributed by atoms with Crippen LogP contribution in [-0.4, -0.2) is 45.5 Å². The summed E-state index contributed by atoms with van der Waals surface area (Å²) in [5.41, 5.74) is 1.07. The fourth-order valence-corrected chi connectivity index (χ4v) is 2.27. The van der Waals surface area contributed by atoms with Crippen molar-refractivity contribution < 1.29 is 29.0 Å². The Morgan fingerprint density at radius 3 is 2.78 bits per heavy atom. The number of aromatic nitrogens is 2. The van der Waals surface area contributed by atoms with Gasteiger partial charge in [0.05, 0.1) is 6.10 Å². The lowest BCUT2D eigenvalue weighted by Crippen LogP contribution is -2.33. The van der Waals surface area contributed by atoms with E-state index in [-0.39, 0.29) is 18.8 Å². The Morgan fingerprint density at radius 2 is 2.22 bits per heavy atom. The third-order valence-corrected chi connectivity index (χ3v) is 3.15. The predicted molar refractivity (Wildman–Crippen MR) is 74.6 cm³/mol. The van der Waals surface area contributed by atoms with Crippen LogP contribution in [0.1, 0.15) is 26.5 Å². The van der Waals surface area contributed by atoms with Gasteiger partial charge in [-0.3, -0.25) is 24.8 Å². The van der Waals surface area contributed by atoms with Gasteiger partial charge in [0, 0.05) is 26.5 Å². The highest BCUT2D eigenvalue weighted by atomic mass is 16.6. The van der Waals surface area contributed by atoms with Crippen molar-refractivity contribution in [2.24, 2.45) is 0 Å². The molecule has 0 aliphatic carbocycles. The van der Waals surface area contributed by atoms with Crippen LogP contribution in [0.3, 0.4) is 0 Å². The standard InChI is InChI=1S/C13H17N3O7/c1-7(17)21-6-9-5-10(22-8(2)18)12(23-9)16-4-3-11(15-20)14-13(16)19/h3-4,9-10,12,20H,5-6H2,1-2H3,(H,14,15,19)/t9-,10+,12+/m0/s1. The van der Waals surface area contributed by atoms with E-state index in [9.17, 15) is 14.4 Å². The van der Waals surface area contributed by atoms with Gasteiger partial charge in [0.2, 0.25) is 0 Å². The second kappa shape index (κ2) is 7.20. The molecule has 0 aromatic carbocycles. The van der Waals surface area contributed by atoms with Crippen molar-refractivity contribution in [3.63, 3.8) is 0 Å². The molecule has 126 valence electrons. The molecule has 10 nitrogen and oxygen atoms in total. The van der Waals surface area contributed by atoms with Gasteiger partial charge >= 0.3 is 17.6 Å². The predicted octanol–water partition coefficient (Wildman–Crippen LogP) is -0.173. The summed E-state index contributed by atoms with van der Waals surface area (Å²) in [6.45, 7) is 2.50. The van der Waals surface area contributed by atoms with Crippen molar-refractivity contribution in [3.05, 3.63) is 22.7 Å². The molecule has 1 aromatic heterocycles. The number of carbonyl (C=O) groups is 2. The van der Waals surface area contributed by atoms with E-state index in [0.29, 0.717) is 0 Å². The number of hydrogen-bond donors (Lipinski definition) is 2. The van der Waals surface area contributed by atoms with E-state index in [1.807, 2.05) is 0 Å². The molecular weight excluding hydrogens is 310 g/mol. The van der Waals surface area contributed by atoms with Gasteiger partial charge in [-0.1, -0.05) is 0 Å². The first-order valence-corrected chi connectivity index (χ1v) is 6.86. The van der Waals surface area contributed by atoms with Crippen LogP contribution in [0.2, 0.25) is 0 Å². The average molecular weight is 327 g/mol. The lowest BCUT2D eigenvalue weighted by atomic mass is 10.2. The van der Waals surface area contributed by atoms with Gasteiger partial charge in [0.15, 0.2) is 12.0 Å².